The largest absolute Gasteiger partial charge is 0.392 e. The first-order chi connectivity index (χ1) is 9.98. The van der Waals surface area contributed by atoms with Gasteiger partial charge in [-0.1, -0.05) is 19.4 Å². The summed E-state index contributed by atoms with van der Waals surface area (Å²) in [5.74, 6) is -0.0537. The zero-order valence-electron chi connectivity index (χ0n) is 12.3. The number of aliphatic hydroxyl groups is 1. The molecule has 0 spiro atoms. The van der Waals surface area contributed by atoms with E-state index in [1.54, 1.807) is 0 Å². The van der Waals surface area contributed by atoms with Gasteiger partial charge in [-0.25, -0.2) is 12.8 Å². The lowest BCUT2D eigenvalue weighted by atomic mass is 9.98. The van der Waals surface area contributed by atoms with Crippen LogP contribution in [0.4, 0.5) is 4.39 Å². The molecule has 1 aromatic carbocycles. The number of sulfonamides is 1. The summed E-state index contributed by atoms with van der Waals surface area (Å²) in [7, 11) is -3.75. The third-order valence-corrected chi connectivity index (χ3v) is 6.18. The van der Waals surface area contributed by atoms with Gasteiger partial charge in [-0.15, -0.1) is 0 Å². The molecule has 0 bridgehead atoms. The molecule has 2 rings (SSSR count). The minimum absolute atomic E-state index is 0.111. The Labute approximate surface area is 125 Å². The van der Waals surface area contributed by atoms with Crippen LogP contribution in [0.25, 0.3) is 0 Å². The van der Waals surface area contributed by atoms with Gasteiger partial charge in [-0.05, 0) is 42.9 Å². The van der Waals surface area contributed by atoms with E-state index in [1.807, 2.05) is 0 Å². The van der Waals surface area contributed by atoms with Crippen molar-refractivity contribution in [2.24, 2.45) is 5.92 Å². The van der Waals surface area contributed by atoms with E-state index >= 15 is 0 Å². The van der Waals surface area contributed by atoms with Gasteiger partial charge in [0.05, 0.1) is 11.5 Å². The summed E-state index contributed by atoms with van der Waals surface area (Å²) < 4.78 is 40.3. The maximum absolute atomic E-state index is 13.4. The first-order valence-electron chi connectivity index (χ1n) is 7.38. The highest BCUT2D eigenvalue weighted by atomic mass is 32.2. The minimum Gasteiger partial charge on any atom is -0.392 e. The van der Waals surface area contributed by atoms with E-state index in [0.29, 0.717) is 19.0 Å². The van der Waals surface area contributed by atoms with Crippen LogP contribution >= 0.6 is 0 Å². The van der Waals surface area contributed by atoms with Crippen LogP contribution < -0.4 is 0 Å². The Balaban J connectivity index is 2.31. The van der Waals surface area contributed by atoms with E-state index in [2.05, 4.69) is 6.92 Å². The van der Waals surface area contributed by atoms with E-state index in [9.17, 15) is 17.9 Å². The first-order valence-corrected chi connectivity index (χ1v) is 8.82. The van der Waals surface area contributed by atoms with Crippen LogP contribution in [0.3, 0.4) is 0 Å². The number of halogens is 1. The van der Waals surface area contributed by atoms with Crippen LogP contribution in [0.15, 0.2) is 23.1 Å². The molecule has 4 nitrogen and oxygen atoms in total. The molecule has 21 heavy (non-hydrogen) atoms. The summed E-state index contributed by atoms with van der Waals surface area (Å²) >= 11 is 0. The van der Waals surface area contributed by atoms with Gasteiger partial charge in [0.25, 0.3) is 0 Å². The summed E-state index contributed by atoms with van der Waals surface area (Å²) in [6.45, 7) is 2.62. The SMILES string of the molecule is CCC1CCCN(S(=O)(=O)c2cc(F)ccc2CO)CC1. The average Bonchev–Trinajstić information content (AvgIpc) is 2.73. The van der Waals surface area contributed by atoms with Crippen molar-refractivity contribution in [3.8, 4) is 0 Å². The number of benzene rings is 1. The summed E-state index contributed by atoms with van der Waals surface area (Å²) in [4.78, 5) is -0.111. The average molecular weight is 315 g/mol. The van der Waals surface area contributed by atoms with E-state index in [-0.39, 0.29) is 10.5 Å². The van der Waals surface area contributed by atoms with Crippen LogP contribution in [-0.2, 0) is 16.6 Å². The van der Waals surface area contributed by atoms with Gasteiger partial charge in [-0.3, -0.25) is 0 Å². The molecule has 1 heterocycles. The summed E-state index contributed by atoms with van der Waals surface area (Å²) in [6.07, 6.45) is 3.73. The fourth-order valence-electron chi connectivity index (χ4n) is 2.83. The van der Waals surface area contributed by atoms with E-state index in [1.165, 1.54) is 16.4 Å². The summed E-state index contributed by atoms with van der Waals surface area (Å²) in [5.41, 5.74) is 0.243. The molecule has 1 aliphatic heterocycles. The zero-order valence-corrected chi connectivity index (χ0v) is 13.1. The fraction of sp³-hybridized carbons (Fsp3) is 0.600. The lowest BCUT2D eigenvalue weighted by Gasteiger charge is -2.21. The monoisotopic (exact) mass is 315 g/mol. The molecule has 1 fully saturated rings. The van der Waals surface area contributed by atoms with Crippen molar-refractivity contribution >= 4 is 10.0 Å². The van der Waals surface area contributed by atoms with Gasteiger partial charge >= 0.3 is 0 Å². The van der Waals surface area contributed by atoms with Crippen LogP contribution in [-0.4, -0.2) is 30.9 Å². The zero-order chi connectivity index (χ0) is 15.5. The maximum atomic E-state index is 13.4. The molecule has 1 atom stereocenters. The fourth-order valence-corrected chi connectivity index (χ4v) is 4.54. The number of nitrogens with zero attached hydrogens (tertiary/aromatic N) is 1. The highest BCUT2D eigenvalue weighted by molar-refractivity contribution is 7.89. The van der Waals surface area contributed by atoms with Crippen LogP contribution in [0.2, 0.25) is 0 Å². The molecule has 6 heteroatoms. The first kappa shape index (κ1) is 16.4. The molecule has 1 unspecified atom stereocenters. The Morgan fingerprint density at radius 3 is 2.76 bits per heavy atom. The van der Waals surface area contributed by atoms with Gasteiger partial charge in [0.1, 0.15) is 5.82 Å². The van der Waals surface area contributed by atoms with Crippen molar-refractivity contribution in [3.63, 3.8) is 0 Å². The van der Waals surface area contributed by atoms with Gasteiger partial charge in [-0.2, -0.15) is 4.31 Å². The second-order valence-electron chi connectivity index (χ2n) is 5.52. The Kier molecular flexibility index (Phi) is 5.35. The predicted molar refractivity (Wildman–Crippen MR) is 78.7 cm³/mol. The Bertz CT molecular complexity index is 589. The molecule has 0 saturated carbocycles. The number of hydrogen-bond acceptors (Lipinski definition) is 3. The van der Waals surface area contributed by atoms with E-state index < -0.39 is 22.4 Å². The minimum atomic E-state index is -3.75. The molecular formula is C15H22FNO3S. The molecule has 1 aromatic rings. The van der Waals surface area contributed by atoms with Gasteiger partial charge in [0.2, 0.25) is 10.0 Å². The van der Waals surface area contributed by atoms with Crippen molar-refractivity contribution in [1.29, 1.82) is 0 Å². The second-order valence-corrected chi connectivity index (χ2v) is 7.43. The third kappa shape index (κ3) is 3.62. The van der Waals surface area contributed by atoms with E-state index in [0.717, 1.165) is 31.7 Å². The van der Waals surface area contributed by atoms with Gasteiger partial charge in [0, 0.05) is 13.1 Å². The quantitative estimate of drug-likeness (QED) is 0.929. The normalized spacial score (nSPS) is 21.2. The Morgan fingerprint density at radius 1 is 1.33 bits per heavy atom. The molecule has 0 aromatic heterocycles. The smallest absolute Gasteiger partial charge is 0.243 e. The van der Waals surface area contributed by atoms with Crippen molar-refractivity contribution in [2.75, 3.05) is 13.1 Å². The highest BCUT2D eigenvalue weighted by Gasteiger charge is 2.29. The molecular weight excluding hydrogens is 293 g/mol. The molecule has 0 aliphatic carbocycles. The lowest BCUT2D eigenvalue weighted by Crippen LogP contribution is -2.32. The van der Waals surface area contributed by atoms with Crippen LogP contribution in [0.5, 0.6) is 0 Å². The highest BCUT2D eigenvalue weighted by Crippen LogP contribution is 2.27. The van der Waals surface area contributed by atoms with E-state index in [4.69, 9.17) is 0 Å². The second kappa shape index (κ2) is 6.85. The molecule has 1 aliphatic rings. The summed E-state index contributed by atoms with van der Waals surface area (Å²) in [5, 5.41) is 9.30. The standard InChI is InChI=1S/C15H22FNO3S/c1-2-12-4-3-8-17(9-7-12)21(19,20)15-10-14(16)6-5-13(15)11-18/h5-6,10,12,18H,2-4,7-9,11H2,1H3. The number of aliphatic hydroxyl groups excluding tert-OH is 1. The molecule has 1 saturated heterocycles. The number of hydrogen-bond donors (Lipinski definition) is 1. The Hall–Kier alpha value is -0.980. The van der Waals surface area contributed by atoms with Crippen LogP contribution in [0, 0.1) is 11.7 Å². The molecule has 0 radical (unpaired) electrons. The van der Waals surface area contributed by atoms with Crippen molar-refractivity contribution in [1.82, 2.24) is 4.31 Å². The van der Waals surface area contributed by atoms with Crippen molar-refractivity contribution in [2.45, 2.75) is 44.1 Å². The van der Waals surface area contributed by atoms with Crippen LogP contribution in [0.1, 0.15) is 38.2 Å². The molecule has 118 valence electrons. The number of rotatable bonds is 4. The van der Waals surface area contributed by atoms with Gasteiger partial charge in [0.15, 0.2) is 0 Å². The predicted octanol–water partition coefficient (Wildman–Crippen LogP) is 2.52. The summed E-state index contributed by atoms with van der Waals surface area (Å²) in [6, 6.07) is 3.50. The van der Waals surface area contributed by atoms with Crippen molar-refractivity contribution < 1.29 is 17.9 Å². The molecule has 0 amide bonds. The topological polar surface area (TPSA) is 57.6 Å². The van der Waals surface area contributed by atoms with Crippen molar-refractivity contribution in [3.05, 3.63) is 29.6 Å². The molecule has 1 N–H and O–H groups in total. The van der Waals surface area contributed by atoms with Gasteiger partial charge < -0.3 is 5.11 Å². The maximum Gasteiger partial charge on any atom is 0.243 e. The Morgan fingerprint density at radius 2 is 2.10 bits per heavy atom. The lowest BCUT2D eigenvalue weighted by molar-refractivity contribution is 0.277. The third-order valence-electron chi connectivity index (χ3n) is 4.20.